The van der Waals surface area contributed by atoms with E-state index in [1.54, 1.807) is 32.0 Å². The molecule has 4 aromatic heterocycles. The summed E-state index contributed by atoms with van der Waals surface area (Å²) in [5.74, 6) is -0.686. The fraction of sp³-hybridized carbons (Fsp3) is 0.294. The van der Waals surface area contributed by atoms with E-state index in [-0.39, 0.29) is 38.5 Å². The zero-order valence-electron chi connectivity index (χ0n) is 24.9. The standard InChI is InChI=1S/C34H32O9S2/c1-18(2)25-17-32(19(3)11-33(25)44(36,37)38)43-45(39,40)34-27(20-5-4-6-22(35)12-20)13-21(26-15-23-7-9-30(26)41-23)14-29(34)28-16-24-8-10-31(28)42-24/h7-11,13-18,20,22,35H,4-6,12H2,1-3H3,(H,36,37,38). The molecule has 1 aliphatic carbocycles. The Hall–Kier alpha value is -3.90. The Kier molecular flexibility index (Phi) is 7.01. The molecule has 2 atom stereocenters. The van der Waals surface area contributed by atoms with E-state index in [1.807, 2.05) is 30.3 Å². The second-order valence-corrected chi connectivity index (χ2v) is 15.2. The quantitative estimate of drug-likeness (QED) is 0.124. The number of fused-ring (bicyclic) bond motifs is 4. The molecule has 0 amide bonds. The Balaban J connectivity index is 1.47. The fourth-order valence-corrected chi connectivity index (χ4v) is 9.02. The predicted octanol–water partition coefficient (Wildman–Crippen LogP) is 7.85. The lowest BCUT2D eigenvalue weighted by Crippen LogP contribution is -2.22. The summed E-state index contributed by atoms with van der Waals surface area (Å²) in [5, 5.41) is 10.7. The van der Waals surface area contributed by atoms with Gasteiger partial charge in [-0.25, -0.2) is 0 Å². The van der Waals surface area contributed by atoms with Gasteiger partial charge in [-0.3, -0.25) is 4.55 Å². The molecule has 2 aromatic carbocycles. The molecular formula is C34H32O9S2. The van der Waals surface area contributed by atoms with Gasteiger partial charge in [0.05, 0.1) is 11.0 Å². The molecule has 4 heterocycles. The van der Waals surface area contributed by atoms with Crippen LogP contribution in [0.15, 0.2) is 79.3 Å². The van der Waals surface area contributed by atoms with Crippen molar-refractivity contribution >= 4 is 42.6 Å². The number of hydrogen-bond donors (Lipinski definition) is 2. The van der Waals surface area contributed by atoms with Crippen LogP contribution in [0.25, 0.3) is 44.6 Å². The van der Waals surface area contributed by atoms with Crippen LogP contribution in [0.3, 0.4) is 0 Å². The predicted molar refractivity (Wildman–Crippen MR) is 169 cm³/mol. The van der Waals surface area contributed by atoms with E-state index >= 15 is 0 Å². The molecule has 2 unspecified atom stereocenters. The van der Waals surface area contributed by atoms with Gasteiger partial charge < -0.3 is 18.1 Å². The largest absolute Gasteiger partial charge is 0.457 e. The highest BCUT2D eigenvalue weighted by atomic mass is 32.2. The summed E-state index contributed by atoms with van der Waals surface area (Å²) in [6.45, 7) is 5.01. The first-order valence-corrected chi connectivity index (χ1v) is 17.7. The van der Waals surface area contributed by atoms with E-state index < -0.39 is 26.3 Å². The van der Waals surface area contributed by atoms with Crippen molar-refractivity contribution in [2.24, 2.45) is 0 Å². The van der Waals surface area contributed by atoms with Crippen LogP contribution >= 0.6 is 0 Å². The Morgan fingerprint density at radius 2 is 1.51 bits per heavy atom. The first kappa shape index (κ1) is 29.8. The average molecular weight is 649 g/mol. The van der Waals surface area contributed by atoms with Crippen molar-refractivity contribution in [2.75, 3.05) is 0 Å². The third-order valence-corrected chi connectivity index (χ3v) is 11.1. The Labute approximate surface area is 261 Å². The second kappa shape index (κ2) is 10.6. The SMILES string of the molecule is Cc1cc(S(=O)(=O)O)c(C(C)C)cc1OS(=O)(=O)c1c(-c2cc3ccc2o3)cc(-c2cc3ccc2o3)cc1C1CCCC(O)C1. The summed E-state index contributed by atoms with van der Waals surface area (Å²) < 4.78 is 80.9. The number of aliphatic hydroxyl groups is 1. The van der Waals surface area contributed by atoms with Crippen LogP contribution in [0.5, 0.6) is 5.75 Å². The van der Waals surface area contributed by atoms with Gasteiger partial charge >= 0.3 is 10.1 Å². The van der Waals surface area contributed by atoms with Gasteiger partial charge in [0, 0.05) is 16.7 Å². The number of aliphatic hydroxyl groups excluding tert-OH is 1. The van der Waals surface area contributed by atoms with E-state index in [0.717, 1.165) is 17.5 Å². The minimum absolute atomic E-state index is 0.0310. The lowest BCUT2D eigenvalue weighted by atomic mass is 9.80. The molecule has 6 aromatic rings. The summed E-state index contributed by atoms with van der Waals surface area (Å²) >= 11 is 0. The Morgan fingerprint density at radius 3 is 2.07 bits per heavy atom. The van der Waals surface area contributed by atoms with Gasteiger partial charge in [-0.1, -0.05) is 20.3 Å². The highest BCUT2D eigenvalue weighted by Crippen LogP contribution is 2.47. The maximum absolute atomic E-state index is 14.6. The molecule has 9 nitrogen and oxygen atoms in total. The lowest BCUT2D eigenvalue weighted by Gasteiger charge is -2.29. The zero-order chi connectivity index (χ0) is 31.8. The maximum atomic E-state index is 14.6. The van der Waals surface area contributed by atoms with E-state index in [0.29, 0.717) is 58.3 Å². The molecule has 2 N–H and O–H groups in total. The first-order valence-electron chi connectivity index (χ1n) is 14.9. The van der Waals surface area contributed by atoms with E-state index in [1.165, 1.54) is 19.1 Å². The van der Waals surface area contributed by atoms with Crippen LogP contribution in [0.2, 0.25) is 0 Å². The molecule has 0 saturated heterocycles. The fourth-order valence-electron chi connectivity index (χ4n) is 6.65. The van der Waals surface area contributed by atoms with Crippen LogP contribution in [0.4, 0.5) is 0 Å². The molecule has 7 rings (SSSR count). The van der Waals surface area contributed by atoms with Crippen molar-refractivity contribution in [3.8, 4) is 28.0 Å². The highest BCUT2D eigenvalue weighted by molar-refractivity contribution is 7.87. The summed E-state index contributed by atoms with van der Waals surface area (Å²) in [4.78, 5) is -0.326. The first-order chi connectivity index (χ1) is 21.3. The molecule has 45 heavy (non-hydrogen) atoms. The van der Waals surface area contributed by atoms with Crippen molar-refractivity contribution in [3.05, 3.63) is 77.4 Å². The molecule has 234 valence electrons. The third-order valence-electron chi connectivity index (χ3n) is 8.82. The lowest BCUT2D eigenvalue weighted by molar-refractivity contribution is 0.119. The minimum atomic E-state index is -4.57. The van der Waals surface area contributed by atoms with Gasteiger partial charge in [-0.05, 0) is 121 Å². The van der Waals surface area contributed by atoms with Gasteiger partial charge in [-0.2, -0.15) is 16.8 Å². The molecule has 0 aliphatic heterocycles. The van der Waals surface area contributed by atoms with E-state index in [9.17, 15) is 26.5 Å². The van der Waals surface area contributed by atoms with E-state index in [2.05, 4.69) is 0 Å². The summed E-state index contributed by atoms with van der Waals surface area (Å²) in [7, 11) is -9.14. The summed E-state index contributed by atoms with van der Waals surface area (Å²) in [6, 6.07) is 17.3. The zero-order valence-corrected chi connectivity index (χ0v) is 26.5. The second-order valence-electron chi connectivity index (χ2n) is 12.3. The number of aryl methyl sites for hydroxylation is 1. The normalized spacial score (nSPS) is 18.1. The topological polar surface area (TPSA) is 144 Å². The van der Waals surface area contributed by atoms with Gasteiger partial charge in [0.25, 0.3) is 10.1 Å². The number of hydrogen-bond acceptors (Lipinski definition) is 8. The van der Waals surface area contributed by atoms with Crippen molar-refractivity contribution in [2.45, 2.75) is 74.2 Å². The number of benzene rings is 4. The van der Waals surface area contributed by atoms with Crippen LogP contribution in [0.1, 0.15) is 68.1 Å². The molecule has 1 fully saturated rings. The Morgan fingerprint density at radius 1 is 0.844 bits per heavy atom. The maximum Gasteiger partial charge on any atom is 0.340 e. The molecule has 4 bridgehead atoms. The molecular weight excluding hydrogens is 616 g/mol. The van der Waals surface area contributed by atoms with E-state index in [4.69, 9.17) is 13.0 Å². The van der Waals surface area contributed by atoms with Crippen molar-refractivity contribution in [1.29, 1.82) is 0 Å². The highest BCUT2D eigenvalue weighted by Gasteiger charge is 2.35. The smallest absolute Gasteiger partial charge is 0.340 e. The van der Waals surface area contributed by atoms with Crippen molar-refractivity contribution in [3.63, 3.8) is 0 Å². The van der Waals surface area contributed by atoms with Crippen LogP contribution in [-0.2, 0) is 20.2 Å². The van der Waals surface area contributed by atoms with Crippen molar-refractivity contribution < 1.29 is 39.5 Å². The summed E-state index contributed by atoms with van der Waals surface area (Å²) in [5.41, 5.74) is 6.05. The van der Waals surface area contributed by atoms with Crippen LogP contribution in [0, 0.1) is 6.92 Å². The monoisotopic (exact) mass is 648 g/mol. The summed E-state index contributed by atoms with van der Waals surface area (Å²) in [6.07, 6.45) is 1.85. The molecule has 1 saturated carbocycles. The van der Waals surface area contributed by atoms with Gasteiger partial charge in [-0.15, -0.1) is 0 Å². The van der Waals surface area contributed by atoms with Crippen molar-refractivity contribution in [1.82, 2.24) is 0 Å². The molecule has 0 radical (unpaired) electrons. The minimum Gasteiger partial charge on any atom is -0.457 e. The van der Waals surface area contributed by atoms with Crippen LogP contribution < -0.4 is 4.18 Å². The average Bonchev–Trinajstić information content (AvgIpc) is 3.79. The molecule has 11 heteroatoms. The van der Waals surface area contributed by atoms with Gasteiger partial charge in [0.2, 0.25) is 0 Å². The Bertz CT molecular complexity index is 2260. The third kappa shape index (κ3) is 5.27. The molecule has 1 aliphatic rings. The number of rotatable bonds is 8. The molecule has 0 spiro atoms. The van der Waals surface area contributed by atoms with Gasteiger partial charge in [0.1, 0.15) is 33.0 Å². The number of furan rings is 4. The van der Waals surface area contributed by atoms with Gasteiger partial charge in [0.15, 0.2) is 0 Å². The van der Waals surface area contributed by atoms with Crippen LogP contribution in [-0.4, -0.2) is 32.6 Å².